The van der Waals surface area contributed by atoms with Crippen molar-refractivity contribution in [1.29, 1.82) is 0 Å². The highest BCUT2D eigenvalue weighted by Crippen LogP contribution is 2.18. The molecule has 0 bridgehead atoms. The Bertz CT molecular complexity index is 299. The molecule has 2 heterocycles. The quantitative estimate of drug-likeness (QED) is 0.604. The third-order valence-electron chi connectivity index (χ3n) is 2.00. The number of urea groups is 1. The maximum Gasteiger partial charge on any atom is 0.315 e. The lowest BCUT2D eigenvalue weighted by Crippen LogP contribution is -2.30. The van der Waals surface area contributed by atoms with Crippen LogP contribution >= 0.6 is 0 Å². The summed E-state index contributed by atoms with van der Waals surface area (Å²) in [5.74, 6) is 0. The molecular weight excluding hydrogens is 154 g/mol. The highest BCUT2D eigenvalue weighted by molar-refractivity contribution is 5.72. The van der Waals surface area contributed by atoms with E-state index in [1.165, 1.54) is 0 Å². The van der Waals surface area contributed by atoms with Gasteiger partial charge in [-0.25, -0.2) is 4.79 Å². The number of amides is 2. The highest BCUT2D eigenvalue weighted by atomic mass is 16.2. The maximum atomic E-state index is 10.8. The summed E-state index contributed by atoms with van der Waals surface area (Å²) in [7, 11) is 0. The maximum absolute atomic E-state index is 10.8. The van der Waals surface area contributed by atoms with Crippen LogP contribution in [0, 0.1) is 0 Å². The Kier molecular flexibility index (Phi) is 1.46. The lowest BCUT2D eigenvalue weighted by Gasteiger charge is -2.09. The van der Waals surface area contributed by atoms with Crippen LogP contribution in [-0.2, 0) is 13.1 Å². The predicted molar refractivity (Wildman–Crippen MR) is 43.1 cm³/mol. The molecule has 0 aliphatic carbocycles. The highest BCUT2D eigenvalue weighted by Gasteiger charge is 2.21. The van der Waals surface area contributed by atoms with Crippen molar-refractivity contribution in [3.63, 3.8) is 0 Å². The number of hydrogen-bond acceptors (Lipinski definition) is 2. The molecule has 2 rings (SSSR count). The molecule has 1 aromatic heterocycles. The van der Waals surface area contributed by atoms with E-state index in [9.17, 15) is 4.79 Å². The molecular formula is C8H9N3O. The first-order valence-corrected chi connectivity index (χ1v) is 3.74. The molecule has 0 aromatic carbocycles. The first-order valence-electron chi connectivity index (χ1n) is 3.74. The van der Waals surface area contributed by atoms with Gasteiger partial charge >= 0.3 is 6.03 Å². The lowest BCUT2D eigenvalue weighted by molar-refractivity contribution is 0.208. The van der Waals surface area contributed by atoms with Crippen molar-refractivity contribution >= 4 is 6.03 Å². The van der Waals surface area contributed by atoms with Crippen molar-refractivity contribution in [3.8, 4) is 0 Å². The third kappa shape index (κ3) is 1.01. The fourth-order valence-electron chi connectivity index (χ4n) is 1.36. The van der Waals surface area contributed by atoms with E-state index in [4.69, 9.17) is 5.73 Å². The van der Waals surface area contributed by atoms with Crippen LogP contribution in [0.25, 0.3) is 0 Å². The van der Waals surface area contributed by atoms with Gasteiger partial charge in [-0.1, -0.05) is 6.07 Å². The molecule has 0 saturated heterocycles. The Morgan fingerprint density at radius 3 is 3.08 bits per heavy atom. The predicted octanol–water partition coefficient (Wildman–Crippen LogP) is 0.476. The normalized spacial score (nSPS) is 14.5. The Morgan fingerprint density at radius 2 is 2.42 bits per heavy atom. The van der Waals surface area contributed by atoms with Crippen molar-refractivity contribution in [2.45, 2.75) is 13.1 Å². The van der Waals surface area contributed by atoms with Gasteiger partial charge in [-0.2, -0.15) is 0 Å². The molecule has 2 amide bonds. The molecule has 0 radical (unpaired) electrons. The Hall–Kier alpha value is -1.58. The fraction of sp³-hybridized carbons (Fsp3) is 0.250. The molecule has 1 aromatic rings. The van der Waals surface area contributed by atoms with Gasteiger partial charge in [-0.05, 0) is 11.6 Å². The molecule has 62 valence electrons. The minimum absolute atomic E-state index is 0.381. The molecule has 4 nitrogen and oxygen atoms in total. The zero-order chi connectivity index (χ0) is 8.55. The van der Waals surface area contributed by atoms with Gasteiger partial charge in [0.05, 0.1) is 12.2 Å². The van der Waals surface area contributed by atoms with Gasteiger partial charge in [0.1, 0.15) is 0 Å². The van der Waals surface area contributed by atoms with E-state index in [1.54, 1.807) is 11.1 Å². The second-order valence-corrected chi connectivity index (χ2v) is 2.80. The van der Waals surface area contributed by atoms with Crippen LogP contribution in [0.1, 0.15) is 11.3 Å². The first-order chi connectivity index (χ1) is 5.77. The number of rotatable bonds is 0. The van der Waals surface area contributed by atoms with E-state index in [0.717, 1.165) is 11.3 Å². The lowest BCUT2D eigenvalue weighted by atomic mass is 10.2. The van der Waals surface area contributed by atoms with E-state index in [1.807, 2.05) is 12.1 Å². The molecule has 4 heteroatoms. The van der Waals surface area contributed by atoms with Gasteiger partial charge in [0.15, 0.2) is 0 Å². The average Bonchev–Trinajstić information content (AvgIpc) is 2.46. The fourth-order valence-corrected chi connectivity index (χ4v) is 1.36. The first kappa shape index (κ1) is 7.09. The summed E-state index contributed by atoms with van der Waals surface area (Å²) < 4.78 is 0. The standard InChI is InChI=1S/C8H9N3O/c9-8(12)11-4-6-2-1-3-10-7(6)5-11/h1-3H,4-5H2,(H2,9,12). The van der Waals surface area contributed by atoms with E-state index in [0.29, 0.717) is 13.1 Å². The number of pyridine rings is 1. The number of carbonyl (C=O) groups excluding carboxylic acids is 1. The van der Waals surface area contributed by atoms with Gasteiger partial charge in [0.2, 0.25) is 0 Å². The van der Waals surface area contributed by atoms with Crippen molar-refractivity contribution < 1.29 is 4.79 Å². The zero-order valence-electron chi connectivity index (χ0n) is 6.53. The monoisotopic (exact) mass is 163 g/mol. The van der Waals surface area contributed by atoms with Gasteiger partial charge < -0.3 is 10.6 Å². The minimum atomic E-state index is -0.381. The SMILES string of the molecule is NC(=O)N1Cc2cccnc2C1. The number of nitrogens with two attached hydrogens (primary N) is 1. The largest absolute Gasteiger partial charge is 0.351 e. The van der Waals surface area contributed by atoms with Crippen LogP contribution < -0.4 is 5.73 Å². The van der Waals surface area contributed by atoms with E-state index in [-0.39, 0.29) is 6.03 Å². The summed E-state index contributed by atoms with van der Waals surface area (Å²) in [6, 6.07) is 3.45. The van der Waals surface area contributed by atoms with Crippen LogP contribution in [0.4, 0.5) is 4.79 Å². The third-order valence-corrected chi connectivity index (χ3v) is 2.00. The number of fused-ring (bicyclic) bond motifs is 1. The van der Waals surface area contributed by atoms with Gasteiger partial charge in [-0.3, -0.25) is 4.98 Å². The second-order valence-electron chi connectivity index (χ2n) is 2.80. The van der Waals surface area contributed by atoms with Crippen LogP contribution in [0.3, 0.4) is 0 Å². The molecule has 12 heavy (non-hydrogen) atoms. The molecule has 0 saturated carbocycles. The summed E-state index contributed by atoms with van der Waals surface area (Å²) in [5.41, 5.74) is 7.19. The number of hydrogen-bond donors (Lipinski definition) is 1. The van der Waals surface area contributed by atoms with Crippen LogP contribution in [-0.4, -0.2) is 15.9 Å². The average molecular weight is 163 g/mol. The summed E-state index contributed by atoms with van der Waals surface area (Å²) in [6.07, 6.45) is 1.73. The van der Waals surface area contributed by atoms with Crippen LogP contribution in [0.5, 0.6) is 0 Å². The number of carbonyl (C=O) groups is 1. The summed E-state index contributed by atoms with van der Waals surface area (Å²) in [5, 5.41) is 0. The molecule has 2 N–H and O–H groups in total. The number of aromatic nitrogens is 1. The topological polar surface area (TPSA) is 59.2 Å². The molecule has 0 unspecified atom stereocenters. The van der Waals surface area contributed by atoms with Crippen molar-refractivity contribution in [3.05, 3.63) is 29.6 Å². The van der Waals surface area contributed by atoms with Gasteiger partial charge in [-0.15, -0.1) is 0 Å². The zero-order valence-corrected chi connectivity index (χ0v) is 6.53. The van der Waals surface area contributed by atoms with Crippen LogP contribution in [0.2, 0.25) is 0 Å². The number of nitrogens with zero attached hydrogens (tertiary/aromatic N) is 2. The van der Waals surface area contributed by atoms with E-state index < -0.39 is 0 Å². The van der Waals surface area contributed by atoms with Crippen molar-refractivity contribution in [2.75, 3.05) is 0 Å². The molecule has 0 spiro atoms. The van der Waals surface area contributed by atoms with Gasteiger partial charge in [0.25, 0.3) is 0 Å². The molecule has 1 aliphatic rings. The van der Waals surface area contributed by atoms with Crippen LogP contribution in [0.15, 0.2) is 18.3 Å². The minimum Gasteiger partial charge on any atom is -0.351 e. The van der Waals surface area contributed by atoms with Crippen molar-refractivity contribution in [2.24, 2.45) is 5.73 Å². The van der Waals surface area contributed by atoms with E-state index in [2.05, 4.69) is 4.98 Å². The summed E-state index contributed by atoms with van der Waals surface area (Å²) >= 11 is 0. The Morgan fingerprint density at radius 1 is 1.58 bits per heavy atom. The summed E-state index contributed by atoms with van der Waals surface area (Å²) in [6.45, 7) is 1.14. The molecule has 0 atom stereocenters. The van der Waals surface area contributed by atoms with Gasteiger partial charge in [0, 0.05) is 12.7 Å². The smallest absolute Gasteiger partial charge is 0.315 e. The number of primary amides is 1. The van der Waals surface area contributed by atoms with E-state index >= 15 is 0 Å². The molecule has 0 fully saturated rings. The Labute approximate surface area is 70.0 Å². The summed E-state index contributed by atoms with van der Waals surface area (Å²) in [4.78, 5) is 16.5. The Balaban J connectivity index is 2.27. The van der Waals surface area contributed by atoms with Crippen molar-refractivity contribution in [1.82, 2.24) is 9.88 Å². The second kappa shape index (κ2) is 2.48. The molecule has 1 aliphatic heterocycles.